The van der Waals surface area contributed by atoms with Crippen molar-refractivity contribution < 1.29 is 19.4 Å². The number of ether oxygens (including phenoxy) is 1. The van der Waals surface area contributed by atoms with Crippen LogP contribution in [0.5, 0.6) is 0 Å². The number of anilines is 1. The molecule has 14 nitrogen and oxygen atoms in total. The van der Waals surface area contributed by atoms with E-state index < -0.39 is 25.9 Å². The number of hydrogen-bond acceptors (Lipinski definition) is 10. The van der Waals surface area contributed by atoms with Crippen molar-refractivity contribution in [2.75, 3.05) is 11.5 Å². The number of benzene rings is 5. The molecule has 1 saturated heterocycles. The van der Waals surface area contributed by atoms with Crippen LogP contribution in [0.2, 0.25) is 18.6 Å². The Morgan fingerprint density at radius 3 is 2.03 bits per heavy atom. The summed E-state index contributed by atoms with van der Waals surface area (Å²) >= 11 is 0. The molecule has 64 heavy (non-hydrogen) atoms. The Balaban J connectivity index is 1.01. The van der Waals surface area contributed by atoms with E-state index in [4.69, 9.17) is 4.74 Å². The number of rotatable bonds is 11. The topological polar surface area (TPSA) is 170 Å². The van der Waals surface area contributed by atoms with Crippen LogP contribution >= 0.6 is 0 Å². The first-order chi connectivity index (χ1) is 31.0. The van der Waals surface area contributed by atoms with Gasteiger partial charge in [0.05, 0.1) is 71.1 Å². The highest BCUT2D eigenvalue weighted by atomic mass is 28.4. The molecule has 1 unspecified atom stereocenters. The van der Waals surface area contributed by atoms with Gasteiger partial charge in [-0.2, -0.15) is 19.6 Å². The van der Waals surface area contributed by atoms with Crippen LogP contribution in [-0.2, 0) is 28.2 Å². The smallest absolute Gasteiger partial charge is 0.279 e. The number of carbonyl (C=O) groups is 1. The molecule has 2 aliphatic heterocycles. The number of nitrogens with zero attached hydrogens (tertiary/aromatic N) is 8. The van der Waals surface area contributed by atoms with Crippen LogP contribution in [0.25, 0.3) is 32.9 Å². The average Bonchev–Trinajstić information content (AvgIpc) is 3.96. The van der Waals surface area contributed by atoms with Crippen LogP contribution in [0.3, 0.4) is 0 Å². The van der Waals surface area contributed by atoms with E-state index in [0.29, 0.717) is 52.1 Å². The molecule has 10 rings (SSSR count). The van der Waals surface area contributed by atoms with Gasteiger partial charge in [0.15, 0.2) is 13.9 Å². The number of amides is 1. The van der Waals surface area contributed by atoms with Crippen LogP contribution in [0.1, 0.15) is 41.6 Å². The van der Waals surface area contributed by atoms with E-state index in [9.17, 15) is 19.5 Å². The third-order valence-corrected chi connectivity index (χ3v) is 15.6. The zero-order chi connectivity index (χ0) is 44.3. The van der Waals surface area contributed by atoms with Crippen molar-refractivity contribution >= 4 is 41.5 Å². The van der Waals surface area contributed by atoms with Gasteiger partial charge >= 0.3 is 0 Å². The highest BCUT2D eigenvalue weighted by Gasteiger charge is 2.66. The maximum atomic E-state index is 15.4. The Bertz CT molecular complexity index is 3180. The van der Waals surface area contributed by atoms with Gasteiger partial charge in [0.2, 0.25) is 0 Å². The van der Waals surface area contributed by atoms with Crippen LogP contribution in [0, 0.1) is 5.92 Å². The summed E-state index contributed by atoms with van der Waals surface area (Å²) in [6.07, 6.45) is 5.02. The summed E-state index contributed by atoms with van der Waals surface area (Å²) in [4.78, 5) is 56.5. The molecule has 0 bridgehead atoms. The molecule has 322 valence electrons. The number of carbonyl (C=O) groups excluding carboxylic acids is 1. The minimum atomic E-state index is -3.04. The monoisotopic (exact) mass is 870 g/mol. The third kappa shape index (κ3) is 6.88. The molecule has 15 heteroatoms. The molecule has 5 atom stereocenters. The van der Waals surface area contributed by atoms with Crippen LogP contribution in [0.15, 0.2) is 150 Å². The largest absolute Gasteiger partial charge is 0.432 e. The summed E-state index contributed by atoms with van der Waals surface area (Å²) in [5.74, 6) is -1.09. The second kappa shape index (κ2) is 16.0. The van der Waals surface area contributed by atoms with Gasteiger partial charge < -0.3 is 19.5 Å². The first-order valence-electron chi connectivity index (χ1n) is 21.4. The van der Waals surface area contributed by atoms with E-state index in [-0.39, 0.29) is 41.6 Å². The second-order valence-corrected chi connectivity index (χ2v) is 21.3. The molecule has 8 aromatic rings. The Morgan fingerprint density at radius 1 is 0.781 bits per heavy atom. The fourth-order valence-electron chi connectivity index (χ4n) is 10.00. The van der Waals surface area contributed by atoms with Crippen molar-refractivity contribution in [1.29, 1.82) is 0 Å². The first kappa shape index (κ1) is 41.1. The lowest BCUT2D eigenvalue weighted by Crippen LogP contribution is -2.46. The fraction of sp³-hybridized carbons (Fsp3) is 0.245. The lowest BCUT2D eigenvalue weighted by molar-refractivity contribution is -0.146. The van der Waals surface area contributed by atoms with Gasteiger partial charge in [0.1, 0.15) is 0 Å². The molecule has 0 radical (unpaired) electrons. The summed E-state index contributed by atoms with van der Waals surface area (Å²) in [7, 11) is -3.04. The minimum absolute atomic E-state index is 0.131. The molecule has 2 N–H and O–H groups in total. The Labute approximate surface area is 368 Å². The summed E-state index contributed by atoms with van der Waals surface area (Å²) in [6.45, 7) is 6.18. The standard InChI is InChI=1S/C49H46N8O6Si/c1-31-45(64(2,3)62)44(23-24-54-29-42(52-53-54)40(30-58)33-11-5-4-6-12-33)63-49(31)41-25-37(57-47(60)39-16-10-8-14-35(39)27-51-57)21-22-43(41)55(48(49)61)28-32-17-19-36(20-18-32)56-46(59)38-15-9-7-13-34(38)26-50-56/h4-22,25-27,29,31,40,44-45,58,62H,23-24,28,30H2,1-3H3/t31-,40?,44+,45-,49+/m1/s1. The van der Waals surface area contributed by atoms with E-state index in [1.165, 1.54) is 9.36 Å². The van der Waals surface area contributed by atoms with Gasteiger partial charge in [-0.1, -0.05) is 91.0 Å². The average molecular weight is 871 g/mol. The van der Waals surface area contributed by atoms with E-state index in [2.05, 4.69) is 20.5 Å². The van der Waals surface area contributed by atoms with Crippen molar-refractivity contribution in [2.45, 2.75) is 62.7 Å². The minimum Gasteiger partial charge on any atom is -0.432 e. The molecular formula is C49H46N8O6Si. The van der Waals surface area contributed by atoms with Crippen molar-refractivity contribution in [3.05, 3.63) is 183 Å². The Kier molecular flexibility index (Phi) is 10.3. The number of hydrogen-bond donors (Lipinski definition) is 2. The van der Waals surface area contributed by atoms with E-state index in [0.717, 1.165) is 21.9 Å². The molecule has 0 saturated carbocycles. The lowest BCUT2D eigenvalue weighted by Gasteiger charge is -2.32. The molecule has 1 amide bonds. The molecule has 5 aromatic carbocycles. The summed E-state index contributed by atoms with van der Waals surface area (Å²) in [5.41, 5.74) is 2.23. The predicted octanol–water partition coefficient (Wildman–Crippen LogP) is 6.24. The van der Waals surface area contributed by atoms with Gasteiger partial charge in [0.25, 0.3) is 17.0 Å². The quantitative estimate of drug-likeness (QED) is 0.142. The number of aliphatic hydroxyl groups excluding tert-OH is 1. The summed E-state index contributed by atoms with van der Waals surface area (Å²) < 4.78 is 11.6. The van der Waals surface area contributed by atoms with Gasteiger partial charge in [-0.3, -0.25) is 19.1 Å². The lowest BCUT2D eigenvalue weighted by atomic mass is 9.82. The van der Waals surface area contributed by atoms with Gasteiger partial charge in [-0.15, -0.1) is 5.10 Å². The molecule has 3 aromatic heterocycles. The highest BCUT2D eigenvalue weighted by Crippen LogP contribution is 2.60. The zero-order valence-electron chi connectivity index (χ0n) is 35.5. The van der Waals surface area contributed by atoms with Crippen molar-refractivity contribution in [1.82, 2.24) is 34.6 Å². The number of fused-ring (bicyclic) bond motifs is 4. The highest BCUT2D eigenvalue weighted by molar-refractivity contribution is 6.71. The second-order valence-electron chi connectivity index (χ2n) is 17.4. The van der Waals surface area contributed by atoms with Crippen LogP contribution in [0.4, 0.5) is 5.69 Å². The SMILES string of the molecule is C[C@@H]1[C@@H]([Si](C)(C)O)[C@H](CCn2cc(C(CO)c3ccccc3)nn2)O[C@@]12C(=O)N(Cc1ccc(-n3ncc4ccccc4c3=O)cc1)c1ccc(-n3ncc4ccccc4c3=O)cc12. The van der Waals surface area contributed by atoms with Gasteiger partial charge in [0, 0.05) is 40.5 Å². The van der Waals surface area contributed by atoms with E-state index >= 15 is 4.79 Å². The summed E-state index contributed by atoms with van der Waals surface area (Å²) in [5, 5.41) is 30.6. The molecule has 5 heterocycles. The number of aromatic nitrogens is 7. The maximum absolute atomic E-state index is 15.4. The Hall–Kier alpha value is -6.91. The molecular weight excluding hydrogens is 825 g/mol. The molecule has 0 aliphatic carbocycles. The van der Waals surface area contributed by atoms with Crippen LogP contribution in [-0.4, -0.2) is 71.4 Å². The predicted molar refractivity (Wildman–Crippen MR) is 245 cm³/mol. The van der Waals surface area contributed by atoms with Gasteiger partial charge in [-0.25, -0.2) is 0 Å². The van der Waals surface area contributed by atoms with E-state index in [1.54, 1.807) is 40.2 Å². The third-order valence-electron chi connectivity index (χ3n) is 13.1. The number of aryl methyl sites for hydroxylation is 1. The fourth-order valence-corrected chi connectivity index (χ4v) is 12.6. The van der Waals surface area contributed by atoms with Crippen molar-refractivity contribution in [3.8, 4) is 11.4 Å². The molecule has 2 aliphatic rings. The first-order valence-corrected chi connectivity index (χ1v) is 24.4. The normalized spacial score (nSPS) is 20.1. The van der Waals surface area contributed by atoms with E-state index in [1.807, 2.05) is 129 Å². The van der Waals surface area contributed by atoms with Gasteiger partial charge in [-0.05, 0) is 73.1 Å². The summed E-state index contributed by atoms with van der Waals surface area (Å²) in [6, 6.07) is 37.1. The molecule has 1 fully saturated rings. The van der Waals surface area contributed by atoms with Crippen molar-refractivity contribution in [3.63, 3.8) is 0 Å². The molecule has 1 spiro atoms. The van der Waals surface area contributed by atoms with Crippen LogP contribution < -0.4 is 16.0 Å². The van der Waals surface area contributed by atoms with Crippen molar-refractivity contribution in [2.24, 2.45) is 5.92 Å². The maximum Gasteiger partial charge on any atom is 0.279 e. The Morgan fingerprint density at radius 2 is 1.39 bits per heavy atom. The number of aliphatic hydroxyl groups is 1. The zero-order valence-corrected chi connectivity index (χ0v) is 36.5.